The number of nitrogens with one attached hydrogen (secondary N) is 2. The molecule has 1 atom stereocenters. The van der Waals surface area contributed by atoms with E-state index in [-0.39, 0.29) is 17.3 Å². The fourth-order valence-corrected chi connectivity index (χ4v) is 4.99. The van der Waals surface area contributed by atoms with Crippen molar-refractivity contribution in [2.75, 3.05) is 31.5 Å². The Hall–Kier alpha value is -2.66. The molecule has 2 heterocycles. The van der Waals surface area contributed by atoms with Gasteiger partial charge in [-0.1, -0.05) is 18.2 Å². The molecular formula is C21H25F3N4O3S. The highest BCUT2D eigenvalue weighted by Gasteiger charge is 2.33. The smallest absolute Gasteiger partial charge is 0.370 e. The van der Waals surface area contributed by atoms with E-state index < -0.39 is 27.7 Å². The Bertz CT molecular complexity index is 999. The third-order valence-corrected chi connectivity index (χ3v) is 7.06. The number of amides is 1. The molecule has 1 aliphatic rings. The first kappa shape index (κ1) is 24.0. The molecule has 2 aromatic rings. The average Bonchev–Trinajstić information content (AvgIpc) is 2.79. The third kappa shape index (κ3) is 6.19. The van der Waals surface area contributed by atoms with E-state index in [2.05, 4.69) is 15.6 Å². The Morgan fingerprint density at radius 1 is 1.12 bits per heavy atom. The molecule has 174 valence electrons. The molecule has 3 rings (SSSR count). The minimum absolute atomic E-state index is 0.136. The Kier molecular flexibility index (Phi) is 7.73. The van der Waals surface area contributed by atoms with Crippen LogP contribution in [-0.2, 0) is 21.0 Å². The van der Waals surface area contributed by atoms with Crippen LogP contribution in [0.5, 0.6) is 0 Å². The van der Waals surface area contributed by atoms with Crippen LogP contribution in [-0.4, -0.2) is 49.8 Å². The van der Waals surface area contributed by atoms with Gasteiger partial charge in [-0.25, -0.2) is 13.4 Å². The number of anilines is 1. The van der Waals surface area contributed by atoms with Gasteiger partial charge in [0.1, 0.15) is 5.82 Å². The molecule has 1 amide bonds. The van der Waals surface area contributed by atoms with E-state index in [4.69, 9.17) is 0 Å². The lowest BCUT2D eigenvalue weighted by Crippen LogP contribution is -2.45. The van der Waals surface area contributed by atoms with Crippen molar-refractivity contribution in [1.82, 2.24) is 14.6 Å². The van der Waals surface area contributed by atoms with Crippen molar-refractivity contribution in [3.63, 3.8) is 0 Å². The molecule has 1 unspecified atom stereocenters. The number of carbonyl (C=O) groups excluding carboxylic acids is 1. The summed E-state index contributed by atoms with van der Waals surface area (Å²) in [6.07, 6.45) is -1.91. The number of hydrogen-bond acceptors (Lipinski definition) is 5. The molecule has 1 saturated heterocycles. The SMILES string of the molecule is O=C(NCCCNc1ccc(C(F)(F)F)cn1)C1CCCN(S(=O)(=O)c2ccccc2)C1. The predicted octanol–water partition coefficient (Wildman–Crippen LogP) is 3.12. The molecule has 0 bridgehead atoms. The van der Waals surface area contributed by atoms with Crippen molar-refractivity contribution in [3.8, 4) is 0 Å². The van der Waals surface area contributed by atoms with E-state index in [1.165, 1.54) is 22.5 Å². The molecular weight excluding hydrogens is 445 g/mol. The number of carbonyl (C=O) groups is 1. The molecule has 1 aromatic heterocycles. The van der Waals surface area contributed by atoms with Crippen LogP contribution in [0.25, 0.3) is 0 Å². The maximum Gasteiger partial charge on any atom is 0.417 e. The van der Waals surface area contributed by atoms with Gasteiger partial charge in [0.05, 0.1) is 16.4 Å². The van der Waals surface area contributed by atoms with Gasteiger partial charge in [0.15, 0.2) is 0 Å². The standard InChI is InChI=1S/C21H25F3N4O3S/c22-21(23,24)17-9-10-19(27-14-17)25-11-5-12-26-20(29)16-6-4-13-28(15-16)32(30,31)18-7-2-1-3-8-18/h1-3,7-10,14,16H,4-6,11-13,15H2,(H,25,27)(H,26,29). The minimum atomic E-state index is -4.43. The van der Waals surface area contributed by atoms with Gasteiger partial charge in [-0.15, -0.1) is 0 Å². The Morgan fingerprint density at radius 2 is 1.88 bits per heavy atom. The zero-order chi connectivity index (χ0) is 23.2. The van der Waals surface area contributed by atoms with Crippen LogP contribution >= 0.6 is 0 Å². The van der Waals surface area contributed by atoms with Crippen molar-refractivity contribution >= 4 is 21.7 Å². The van der Waals surface area contributed by atoms with Gasteiger partial charge < -0.3 is 10.6 Å². The van der Waals surface area contributed by atoms with Crippen molar-refractivity contribution in [2.45, 2.75) is 30.3 Å². The summed E-state index contributed by atoms with van der Waals surface area (Å²) in [5.74, 6) is -0.309. The molecule has 1 fully saturated rings. The van der Waals surface area contributed by atoms with Crippen LogP contribution in [0.1, 0.15) is 24.8 Å². The van der Waals surface area contributed by atoms with Gasteiger partial charge in [0.2, 0.25) is 15.9 Å². The monoisotopic (exact) mass is 470 g/mol. The first-order valence-electron chi connectivity index (χ1n) is 10.3. The summed E-state index contributed by atoms with van der Waals surface area (Å²) in [7, 11) is -3.63. The lowest BCUT2D eigenvalue weighted by Gasteiger charge is -2.31. The summed E-state index contributed by atoms with van der Waals surface area (Å²) >= 11 is 0. The Morgan fingerprint density at radius 3 is 2.53 bits per heavy atom. The second kappa shape index (κ2) is 10.3. The number of nitrogens with zero attached hydrogens (tertiary/aromatic N) is 2. The van der Waals surface area contributed by atoms with Crippen molar-refractivity contribution in [1.29, 1.82) is 0 Å². The molecule has 0 aliphatic carbocycles. The summed E-state index contributed by atoms with van der Waals surface area (Å²) in [4.78, 5) is 16.4. The molecule has 0 saturated carbocycles. The highest BCUT2D eigenvalue weighted by molar-refractivity contribution is 7.89. The predicted molar refractivity (Wildman–Crippen MR) is 113 cm³/mol. The number of rotatable bonds is 8. The largest absolute Gasteiger partial charge is 0.417 e. The van der Waals surface area contributed by atoms with Crippen LogP contribution in [0.15, 0.2) is 53.6 Å². The Balaban J connectivity index is 1.42. The minimum Gasteiger partial charge on any atom is -0.370 e. The summed E-state index contributed by atoms with van der Waals surface area (Å²) in [6, 6.07) is 10.4. The molecule has 11 heteroatoms. The van der Waals surface area contributed by atoms with Crippen molar-refractivity contribution in [2.24, 2.45) is 5.92 Å². The molecule has 1 aliphatic heterocycles. The highest BCUT2D eigenvalue weighted by Crippen LogP contribution is 2.28. The summed E-state index contributed by atoms with van der Waals surface area (Å²) in [5.41, 5.74) is -0.814. The van der Waals surface area contributed by atoms with Crippen molar-refractivity contribution < 1.29 is 26.4 Å². The molecule has 2 N–H and O–H groups in total. The zero-order valence-electron chi connectivity index (χ0n) is 17.3. The second-order valence-electron chi connectivity index (χ2n) is 7.52. The van der Waals surface area contributed by atoms with E-state index >= 15 is 0 Å². The molecule has 1 aromatic carbocycles. The first-order chi connectivity index (χ1) is 15.2. The number of sulfonamides is 1. The van der Waals surface area contributed by atoms with E-state index in [9.17, 15) is 26.4 Å². The number of alkyl halides is 3. The summed E-state index contributed by atoms with van der Waals surface area (Å²) in [6.45, 7) is 1.29. The highest BCUT2D eigenvalue weighted by atomic mass is 32.2. The van der Waals surface area contributed by atoms with Crippen LogP contribution in [0.2, 0.25) is 0 Å². The molecule has 32 heavy (non-hydrogen) atoms. The van der Waals surface area contributed by atoms with E-state index in [0.29, 0.717) is 44.7 Å². The average molecular weight is 471 g/mol. The van der Waals surface area contributed by atoms with Gasteiger partial charge in [0, 0.05) is 32.4 Å². The quantitative estimate of drug-likeness (QED) is 0.579. The lowest BCUT2D eigenvalue weighted by molar-refractivity contribution is -0.137. The van der Waals surface area contributed by atoms with Gasteiger partial charge >= 0.3 is 6.18 Å². The number of benzene rings is 1. The van der Waals surface area contributed by atoms with E-state index in [1.54, 1.807) is 18.2 Å². The third-order valence-electron chi connectivity index (χ3n) is 5.19. The Labute approximate surface area is 185 Å². The fourth-order valence-electron chi connectivity index (χ4n) is 3.44. The van der Waals surface area contributed by atoms with E-state index in [0.717, 1.165) is 12.3 Å². The number of piperidine rings is 1. The van der Waals surface area contributed by atoms with Crippen LogP contribution < -0.4 is 10.6 Å². The molecule has 7 nitrogen and oxygen atoms in total. The van der Waals surface area contributed by atoms with E-state index in [1.807, 2.05) is 0 Å². The lowest BCUT2D eigenvalue weighted by atomic mass is 9.99. The first-order valence-corrected chi connectivity index (χ1v) is 11.7. The summed E-state index contributed by atoms with van der Waals surface area (Å²) < 4.78 is 64.5. The van der Waals surface area contributed by atoms with Crippen LogP contribution in [0.4, 0.5) is 19.0 Å². The number of halogens is 3. The molecule has 0 spiro atoms. The van der Waals surface area contributed by atoms with Crippen LogP contribution in [0, 0.1) is 5.92 Å². The normalized spacial score (nSPS) is 17.7. The number of pyridine rings is 1. The van der Waals surface area contributed by atoms with Gasteiger partial charge in [-0.3, -0.25) is 4.79 Å². The summed E-state index contributed by atoms with van der Waals surface area (Å²) in [5, 5.41) is 5.71. The maximum absolute atomic E-state index is 12.8. The van der Waals surface area contributed by atoms with Crippen molar-refractivity contribution in [3.05, 3.63) is 54.2 Å². The zero-order valence-corrected chi connectivity index (χ0v) is 18.1. The topological polar surface area (TPSA) is 91.4 Å². The van der Waals surface area contributed by atoms with Gasteiger partial charge in [-0.05, 0) is 43.5 Å². The second-order valence-corrected chi connectivity index (χ2v) is 9.45. The van der Waals surface area contributed by atoms with Crippen LogP contribution in [0.3, 0.4) is 0 Å². The number of hydrogen-bond donors (Lipinski definition) is 2. The number of aromatic nitrogens is 1. The van der Waals surface area contributed by atoms with Gasteiger partial charge in [-0.2, -0.15) is 17.5 Å². The molecule has 0 radical (unpaired) electrons. The fraction of sp³-hybridized carbons (Fsp3) is 0.429. The maximum atomic E-state index is 12.8. The van der Waals surface area contributed by atoms with Gasteiger partial charge in [0.25, 0.3) is 0 Å².